The Kier molecular flexibility index (Phi) is 7.45. The molecule has 0 aromatic heterocycles. The van der Waals surface area contributed by atoms with Crippen molar-refractivity contribution in [1.82, 2.24) is 5.32 Å². The summed E-state index contributed by atoms with van der Waals surface area (Å²) in [7, 11) is 0. The lowest BCUT2D eigenvalue weighted by molar-refractivity contribution is 0.576. The van der Waals surface area contributed by atoms with Gasteiger partial charge < -0.3 is 5.32 Å². The first-order valence-corrected chi connectivity index (χ1v) is 8.37. The highest BCUT2D eigenvalue weighted by Crippen LogP contribution is 2.20. The molecule has 1 aromatic rings. The topological polar surface area (TPSA) is 12.0 Å². The molecule has 102 valence electrons. The van der Waals surface area contributed by atoms with E-state index >= 15 is 0 Å². The summed E-state index contributed by atoms with van der Waals surface area (Å²) in [5.74, 6) is 1.87. The lowest BCUT2D eigenvalue weighted by atomic mass is 9.98. The summed E-state index contributed by atoms with van der Waals surface area (Å²) in [5.41, 5.74) is 2.91. The zero-order valence-corrected chi connectivity index (χ0v) is 13.0. The molecular formula is C16H27NS. The van der Waals surface area contributed by atoms with Crippen molar-refractivity contribution in [3.63, 3.8) is 0 Å². The Morgan fingerprint density at radius 3 is 2.67 bits per heavy atom. The molecule has 0 aliphatic rings. The van der Waals surface area contributed by atoms with Gasteiger partial charge in [0, 0.05) is 11.8 Å². The van der Waals surface area contributed by atoms with E-state index in [9.17, 15) is 0 Å². The monoisotopic (exact) mass is 265 g/mol. The van der Waals surface area contributed by atoms with Gasteiger partial charge in [0.05, 0.1) is 0 Å². The first kappa shape index (κ1) is 15.6. The molecule has 0 amide bonds. The van der Waals surface area contributed by atoms with Gasteiger partial charge in [-0.1, -0.05) is 45.0 Å². The van der Waals surface area contributed by atoms with Gasteiger partial charge >= 0.3 is 0 Å². The molecule has 1 nitrogen and oxygen atoms in total. The number of thioether (sulfide) groups is 1. The van der Waals surface area contributed by atoms with E-state index in [1.54, 1.807) is 0 Å². The van der Waals surface area contributed by atoms with Crippen LogP contribution in [0.3, 0.4) is 0 Å². The van der Waals surface area contributed by atoms with Crippen molar-refractivity contribution < 1.29 is 0 Å². The van der Waals surface area contributed by atoms with Crippen molar-refractivity contribution >= 4 is 11.8 Å². The quantitative estimate of drug-likeness (QED) is 0.752. The molecule has 0 fully saturated rings. The van der Waals surface area contributed by atoms with E-state index in [1.807, 2.05) is 11.8 Å². The molecule has 18 heavy (non-hydrogen) atoms. The van der Waals surface area contributed by atoms with Crippen molar-refractivity contribution in [2.24, 2.45) is 5.92 Å². The van der Waals surface area contributed by atoms with Crippen LogP contribution in [0, 0.1) is 5.92 Å². The smallest absolute Gasteiger partial charge is 0.0411 e. The van der Waals surface area contributed by atoms with Gasteiger partial charge in [0.1, 0.15) is 0 Å². The predicted molar refractivity (Wildman–Crippen MR) is 84.4 cm³/mol. The number of rotatable bonds is 8. The number of hydrogen-bond donors (Lipinski definition) is 1. The van der Waals surface area contributed by atoms with Crippen LogP contribution in [0.15, 0.2) is 24.3 Å². The maximum Gasteiger partial charge on any atom is 0.0411 e. The van der Waals surface area contributed by atoms with Crippen molar-refractivity contribution in [3.05, 3.63) is 35.4 Å². The van der Waals surface area contributed by atoms with Crippen molar-refractivity contribution in [3.8, 4) is 0 Å². The summed E-state index contributed by atoms with van der Waals surface area (Å²) < 4.78 is 0. The molecule has 0 aliphatic carbocycles. The highest BCUT2D eigenvalue weighted by atomic mass is 32.2. The lowest BCUT2D eigenvalue weighted by Crippen LogP contribution is -2.24. The summed E-state index contributed by atoms with van der Waals surface area (Å²) in [6.45, 7) is 7.88. The number of benzene rings is 1. The number of hydrogen-bond acceptors (Lipinski definition) is 2. The maximum absolute atomic E-state index is 3.65. The first-order chi connectivity index (χ1) is 8.67. The predicted octanol–water partition coefficient (Wildman–Crippen LogP) is 4.29. The molecule has 0 spiro atoms. The second kappa shape index (κ2) is 8.60. The summed E-state index contributed by atoms with van der Waals surface area (Å²) in [5, 5.41) is 3.65. The van der Waals surface area contributed by atoms with E-state index in [0.717, 1.165) is 18.2 Å². The van der Waals surface area contributed by atoms with Crippen LogP contribution in [0.25, 0.3) is 0 Å². The van der Waals surface area contributed by atoms with Crippen molar-refractivity contribution in [2.75, 3.05) is 18.6 Å². The van der Waals surface area contributed by atoms with Gasteiger partial charge in [-0.15, -0.1) is 0 Å². The Morgan fingerprint density at radius 1 is 1.28 bits per heavy atom. The highest BCUT2D eigenvalue weighted by molar-refractivity contribution is 7.98. The van der Waals surface area contributed by atoms with Crippen LogP contribution in [0.5, 0.6) is 0 Å². The van der Waals surface area contributed by atoms with Gasteiger partial charge in [0.15, 0.2) is 0 Å². The van der Waals surface area contributed by atoms with Gasteiger partial charge in [-0.25, -0.2) is 0 Å². The Hall–Kier alpha value is -0.470. The second-order valence-corrected chi connectivity index (χ2v) is 6.22. The van der Waals surface area contributed by atoms with Crippen LogP contribution in [-0.4, -0.2) is 18.6 Å². The average molecular weight is 265 g/mol. The second-order valence-electron chi connectivity index (χ2n) is 5.31. The van der Waals surface area contributed by atoms with Gasteiger partial charge in [-0.05, 0) is 42.7 Å². The van der Waals surface area contributed by atoms with E-state index in [2.05, 4.69) is 56.6 Å². The fourth-order valence-electron chi connectivity index (χ4n) is 2.17. The molecule has 0 saturated carbocycles. The Bertz CT molecular complexity index is 336. The molecule has 0 heterocycles. The van der Waals surface area contributed by atoms with Crippen LogP contribution in [0.2, 0.25) is 0 Å². The zero-order chi connectivity index (χ0) is 13.4. The van der Waals surface area contributed by atoms with Crippen LogP contribution in [0.4, 0.5) is 0 Å². The first-order valence-electron chi connectivity index (χ1n) is 6.98. The van der Waals surface area contributed by atoms with E-state index in [4.69, 9.17) is 0 Å². The minimum Gasteiger partial charge on any atom is -0.309 e. The van der Waals surface area contributed by atoms with Gasteiger partial charge in [0.2, 0.25) is 0 Å². The minimum absolute atomic E-state index is 0.493. The largest absolute Gasteiger partial charge is 0.309 e. The normalized spacial score (nSPS) is 12.9. The van der Waals surface area contributed by atoms with E-state index in [-0.39, 0.29) is 0 Å². The van der Waals surface area contributed by atoms with Crippen LogP contribution in [-0.2, 0) is 6.42 Å². The standard InChI is InChI=1S/C16H27NS/c1-5-9-17-16(12-18-4)15-8-6-7-14(11-15)10-13(2)3/h6-8,11,13,16-17H,5,9-10,12H2,1-4H3. The highest BCUT2D eigenvalue weighted by Gasteiger charge is 2.10. The zero-order valence-electron chi connectivity index (χ0n) is 12.2. The Morgan fingerprint density at radius 2 is 2.06 bits per heavy atom. The molecule has 0 bridgehead atoms. The van der Waals surface area contributed by atoms with E-state index < -0.39 is 0 Å². The van der Waals surface area contributed by atoms with E-state index in [0.29, 0.717) is 6.04 Å². The molecule has 1 atom stereocenters. The van der Waals surface area contributed by atoms with Crippen LogP contribution < -0.4 is 5.32 Å². The van der Waals surface area contributed by atoms with Crippen molar-refractivity contribution in [2.45, 2.75) is 39.7 Å². The summed E-state index contributed by atoms with van der Waals surface area (Å²) >= 11 is 1.91. The molecule has 1 aromatic carbocycles. The Balaban J connectivity index is 2.76. The molecule has 1 N–H and O–H groups in total. The SMILES string of the molecule is CCCNC(CSC)c1cccc(CC(C)C)c1. The minimum atomic E-state index is 0.493. The van der Waals surface area contributed by atoms with Gasteiger partial charge in [-0.3, -0.25) is 0 Å². The molecule has 0 aliphatic heterocycles. The third-order valence-electron chi connectivity index (χ3n) is 2.97. The van der Waals surface area contributed by atoms with Crippen molar-refractivity contribution in [1.29, 1.82) is 0 Å². The maximum atomic E-state index is 3.65. The summed E-state index contributed by atoms with van der Waals surface area (Å²) in [6.07, 6.45) is 4.54. The molecule has 1 unspecified atom stereocenters. The fourth-order valence-corrected chi connectivity index (χ4v) is 2.81. The van der Waals surface area contributed by atoms with Crippen LogP contribution >= 0.6 is 11.8 Å². The Labute approximate surface area is 117 Å². The third-order valence-corrected chi connectivity index (χ3v) is 3.64. The molecule has 0 saturated heterocycles. The van der Waals surface area contributed by atoms with Gasteiger partial charge in [0.25, 0.3) is 0 Å². The van der Waals surface area contributed by atoms with E-state index in [1.165, 1.54) is 24.0 Å². The molecular weight excluding hydrogens is 238 g/mol. The van der Waals surface area contributed by atoms with Gasteiger partial charge in [-0.2, -0.15) is 11.8 Å². The lowest BCUT2D eigenvalue weighted by Gasteiger charge is -2.19. The molecule has 2 heteroatoms. The summed E-state index contributed by atoms with van der Waals surface area (Å²) in [6, 6.07) is 9.58. The average Bonchev–Trinajstić information content (AvgIpc) is 2.34. The third kappa shape index (κ3) is 5.45. The number of nitrogens with one attached hydrogen (secondary N) is 1. The summed E-state index contributed by atoms with van der Waals surface area (Å²) in [4.78, 5) is 0. The van der Waals surface area contributed by atoms with Crippen LogP contribution in [0.1, 0.15) is 44.4 Å². The fraction of sp³-hybridized carbons (Fsp3) is 0.625. The molecule has 1 rings (SSSR count). The molecule has 0 radical (unpaired) electrons.